The zero-order valence-electron chi connectivity index (χ0n) is 10.0. The fraction of sp³-hybridized carbons (Fsp3) is 0.167. The predicted molar refractivity (Wildman–Crippen MR) is 64.0 cm³/mol. The second-order valence-corrected chi connectivity index (χ2v) is 3.51. The third-order valence-electron chi connectivity index (χ3n) is 2.24. The Labute approximate surface area is 107 Å². The molecule has 0 aliphatic heterocycles. The van der Waals surface area contributed by atoms with Crippen LogP contribution >= 0.6 is 0 Å². The molecular formula is C12H10FN3O3. The Morgan fingerprint density at radius 2 is 2.26 bits per heavy atom. The van der Waals surface area contributed by atoms with Crippen LogP contribution in [0.3, 0.4) is 0 Å². The molecule has 0 spiro atoms. The van der Waals surface area contributed by atoms with Crippen LogP contribution in [-0.2, 0) is 4.74 Å². The number of esters is 1. The summed E-state index contributed by atoms with van der Waals surface area (Å²) in [5.41, 5.74) is -1.37. The van der Waals surface area contributed by atoms with Crippen molar-refractivity contribution in [2.24, 2.45) is 0 Å². The van der Waals surface area contributed by atoms with Gasteiger partial charge in [-0.1, -0.05) is 6.07 Å². The highest BCUT2D eigenvalue weighted by molar-refractivity contribution is 5.87. The third-order valence-corrected chi connectivity index (χ3v) is 2.24. The number of carbonyl (C=O) groups is 1. The van der Waals surface area contributed by atoms with Crippen LogP contribution in [0.4, 0.5) is 4.39 Å². The van der Waals surface area contributed by atoms with Gasteiger partial charge in [0.25, 0.3) is 5.56 Å². The van der Waals surface area contributed by atoms with E-state index in [1.165, 1.54) is 6.20 Å². The molecule has 0 amide bonds. The topological polar surface area (TPSA) is 84.9 Å². The van der Waals surface area contributed by atoms with Crippen LogP contribution in [0.2, 0.25) is 0 Å². The van der Waals surface area contributed by atoms with Gasteiger partial charge in [-0.05, 0) is 19.1 Å². The molecule has 2 heterocycles. The van der Waals surface area contributed by atoms with Gasteiger partial charge in [-0.15, -0.1) is 0 Å². The maximum absolute atomic E-state index is 13.5. The summed E-state index contributed by atoms with van der Waals surface area (Å²) in [6.07, 6.45) is 1.49. The molecule has 0 saturated heterocycles. The van der Waals surface area contributed by atoms with Gasteiger partial charge in [0.05, 0.1) is 6.61 Å². The van der Waals surface area contributed by atoms with E-state index < -0.39 is 23.0 Å². The van der Waals surface area contributed by atoms with Crippen molar-refractivity contribution >= 4 is 5.97 Å². The Morgan fingerprint density at radius 1 is 1.47 bits per heavy atom. The van der Waals surface area contributed by atoms with Gasteiger partial charge in [-0.3, -0.25) is 9.78 Å². The summed E-state index contributed by atoms with van der Waals surface area (Å²) >= 11 is 0. The van der Waals surface area contributed by atoms with Crippen LogP contribution in [0.1, 0.15) is 17.4 Å². The van der Waals surface area contributed by atoms with E-state index in [9.17, 15) is 14.0 Å². The Morgan fingerprint density at radius 3 is 2.89 bits per heavy atom. The number of pyridine rings is 1. The molecule has 0 aliphatic carbocycles. The van der Waals surface area contributed by atoms with Crippen LogP contribution in [0.25, 0.3) is 11.5 Å². The highest BCUT2D eigenvalue weighted by Crippen LogP contribution is 2.11. The van der Waals surface area contributed by atoms with E-state index in [4.69, 9.17) is 0 Å². The maximum atomic E-state index is 13.5. The molecule has 0 radical (unpaired) electrons. The minimum atomic E-state index is -1.27. The van der Waals surface area contributed by atoms with Gasteiger partial charge in [0, 0.05) is 6.20 Å². The van der Waals surface area contributed by atoms with Crippen molar-refractivity contribution in [3.63, 3.8) is 0 Å². The molecule has 0 aromatic carbocycles. The molecule has 2 aromatic rings. The van der Waals surface area contributed by atoms with E-state index in [1.807, 2.05) is 0 Å². The summed E-state index contributed by atoms with van der Waals surface area (Å²) in [6.45, 7) is 1.63. The van der Waals surface area contributed by atoms with Gasteiger partial charge in [0.1, 0.15) is 5.69 Å². The van der Waals surface area contributed by atoms with Crippen LogP contribution in [0, 0.1) is 5.82 Å². The number of carbonyl (C=O) groups excluding carboxylic acids is 1. The van der Waals surface area contributed by atoms with Crippen LogP contribution < -0.4 is 5.56 Å². The molecule has 0 fully saturated rings. The van der Waals surface area contributed by atoms with Gasteiger partial charge in [0.2, 0.25) is 5.82 Å². The number of nitrogens with zero attached hydrogens (tertiary/aromatic N) is 2. The molecule has 0 unspecified atom stereocenters. The van der Waals surface area contributed by atoms with Crippen LogP contribution in [-0.4, -0.2) is 27.5 Å². The molecular weight excluding hydrogens is 253 g/mol. The summed E-state index contributed by atoms with van der Waals surface area (Å²) in [5, 5.41) is 0. The SMILES string of the molecule is CCOC(=O)c1nc(-c2ccccn2)[nH]c(=O)c1F. The second-order valence-electron chi connectivity index (χ2n) is 3.51. The average molecular weight is 263 g/mol. The molecule has 98 valence electrons. The Kier molecular flexibility index (Phi) is 3.65. The lowest BCUT2D eigenvalue weighted by Gasteiger charge is -2.04. The number of H-pyrrole nitrogens is 1. The summed E-state index contributed by atoms with van der Waals surface area (Å²) in [4.78, 5) is 32.9. The highest BCUT2D eigenvalue weighted by atomic mass is 19.1. The van der Waals surface area contributed by atoms with Crippen molar-refractivity contribution in [3.05, 3.63) is 46.3 Å². The molecule has 0 atom stereocenters. The lowest BCUT2D eigenvalue weighted by atomic mass is 10.3. The van der Waals surface area contributed by atoms with Gasteiger partial charge in [0.15, 0.2) is 11.5 Å². The molecule has 1 N–H and O–H groups in total. The molecule has 0 bridgehead atoms. The smallest absolute Gasteiger partial charge is 0.360 e. The number of hydrogen-bond donors (Lipinski definition) is 1. The number of hydrogen-bond acceptors (Lipinski definition) is 5. The Hall–Kier alpha value is -2.57. The molecule has 19 heavy (non-hydrogen) atoms. The fourth-order valence-electron chi connectivity index (χ4n) is 1.42. The number of nitrogens with one attached hydrogen (secondary N) is 1. The first-order valence-electron chi connectivity index (χ1n) is 5.51. The van der Waals surface area contributed by atoms with Crippen molar-refractivity contribution in [2.75, 3.05) is 6.61 Å². The zero-order valence-corrected chi connectivity index (χ0v) is 10.0. The maximum Gasteiger partial charge on any atom is 0.360 e. The minimum absolute atomic E-state index is 0.00931. The number of aromatic amines is 1. The molecule has 2 rings (SSSR count). The van der Waals surface area contributed by atoms with Gasteiger partial charge < -0.3 is 9.72 Å². The van der Waals surface area contributed by atoms with E-state index in [0.29, 0.717) is 5.69 Å². The van der Waals surface area contributed by atoms with Gasteiger partial charge >= 0.3 is 5.97 Å². The lowest BCUT2D eigenvalue weighted by Crippen LogP contribution is -2.21. The largest absolute Gasteiger partial charge is 0.461 e. The summed E-state index contributed by atoms with van der Waals surface area (Å²) < 4.78 is 18.2. The van der Waals surface area contributed by atoms with Crippen LogP contribution in [0.5, 0.6) is 0 Å². The Bertz CT molecular complexity index is 655. The first kappa shape index (κ1) is 12.9. The summed E-state index contributed by atoms with van der Waals surface area (Å²) in [5.74, 6) is -2.24. The summed E-state index contributed by atoms with van der Waals surface area (Å²) in [6, 6.07) is 4.93. The fourth-order valence-corrected chi connectivity index (χ4v) is 1.42. The monoisotopic (exact) mass is 263 g/mol. The molecule has 0 saturated carbocycles. The van der Waals surface area contributed by atoms with E-state index in [-0.39, 0.29) is 12.4 Å². The summed E-state index contributed by atoms with van der Waals surface area (Å²) in [7, 11) is 0. The quantitative estimate of drug-likeness (QED) is 0.839. The molecule has 2 aromatic heterocycles. The highest BCUT2D eigenvalue weighted by Gasteiger charge is 2.20. The normalized spacial score (nSPS) is 10.2. The number of halogens is 1. The number of aromatic nitrogens is 3. The molecule has 7 heteroatoms. The van der Waals surface area contributed by atoms with Crippen molar-refractivity contribution in [1.82, 2.24) is 15.0 Å². The Balaban J connectivity index is 2.54. The van der Waals surface area contributed by atoms with Crippen molar-refractivity contribution in [2.45, 2.75) is 6.92 Å². The molecule has 0 aliphatic rings. The standard InChI is InChI=1S/C12H10FN3O3/c1-2-19-12(18)9-8(13)11(17)16-10(15-9)7-5-3-4-6-14-7/h3-6H,2H2,1H3,(H,15,16,17). The van der Waals surface area contributed by atoms with Gasteiger partial charge in [-0.25, -0.2) is 9.78 Å². The third kappa shape index (κ3) is 2.65. The first-order valence-corrected chi connectivity index (χ1v) is 5.51. The minimum Gasteiger partial charge on any atom is -0.461 e. The van der Waals surface area contributed by atoms with E-state index in [2.05, 4.69) is 19.7 Å². The van der Waals surface area contributed by atoms with Crippen molar-refractivity contribution in [1.29, 1.82) is 0 Å². The average Bonchev–Trinajstić information content (AvgIpc) is 2.43. The van der Waals surface area contributed by atoms with Gasteiger partial charge in [-0.2, -0.15) is 4.39 Å². The van der Waals surface area contributed by atoms with E-state index in [0.717, 1.165) is 0 Å². The van der Waals surface area contributed by atoms with Crippen LogP contribution in [0.15, 0.2) is 29.2 Å². The van der Waals surface area contributed by atoms with E-state index >= 15 is 0 Å². The predicted octanol–water partition coefficient (Wildman–Crippen LogP) is 1.15. The lowest BCUT2D eigenvalue weighted by molar-refractivity contribution is 0.0513. The number of ether oxygens (including phenoxy) is 1. The second kappa shape index (κ2) is 5.38. The number of rotatable bonds is 3. The molecule has 6 nitrogen and oxygen atoms in total. The van der Waals surface area contributed by atoms with Crippen molar-refractivity contribution < 1.29 is 13.9 Å². The van der Waals surface area contributed by atoms with Crippen molar-refractivity contribution in [3.8, 4) is 11.5 Å². The van der Waals surface area contributed by atoms with E-state index in [1.54, 1.807) is 25.1 Å². The first-order chi connectivity index (χ1) is 9.13. The zero-order chi connectivity index (χ0) is 13.8.